The topological polar surface area (TPSA) is 40.7 Å². The number of rotatable bonds is 6. The summed E-state index contributed by atoms with van der Waals surface area (Å²) in [6.07, 6.45) is 5.57. The van der Waals surface area contributed by atoms with Crippen LogP contribution in [0.15, 0.2) is 30.5 Å². The quantitative estimate of drug-likeness (QED) is 0.812. The first-order chi connectivity index (χ1) is 8.79. The number of H-pyrrole nitrogens is 1. The predicted octanol–water partition coefficient (Wildman–Crippen LogP) is 3.67. The average molecular weight is 243 g/mol. The van der Waals surface area contributed by atoms with Gasteiger partial charge in [0.15, 0.2) is 0 Å². The minimum Gasteiger partial charge on any atom is -0.381 e. The van der Waals surface area contributed by atoms with Gasteiger partial charge < -0.3 is 5.32 Å². The van der Waals surface area contributed by atoms with Gasteiger partial charge in [-0.1, -0.05) is 25.5 Å². The molecule has 2 aromatic rings. The highest BCUT2D eigenvalue weighted by molar-refractivity contribution is 5.45. The van der Waals surface area contributed by atoms with E-state index in [0.29, 0.717) is 0 Å². The van der Waals surface area contributed by atoms with Gasteiger partial charge in [0.25, 0.3) is 0 Å². The van der Waals surface area contributed by atoms with Gasteiger partial charge in [-0.15, -0.1) is 0 Å². The molecule has 3 heteroatoms. The van der Waals surface area contributed by atoms with E-state index in [1.165, 1.54) is 30.4 Å². The molecule has 96 valence electrons. The number of hydrogen-bond acceptors (Lipinski definition) is 2. The number of unbranched alkanes of at least 4 members (excludes halogenated alkanes) is 1. The van der Waals surface area contributed by atoms with E-state index in [-0.39, 0.29) is 0 Å². The molecule has 0 aliphatic rings. The summed E-state index contributed by atoms with van der Waals surface area (Å²) in [5.41, 5.74) is 4.92. The molecule has 18 heavy (non-hydrogen) atoms. The SMILES string of the molecule is CCCCc1ccc(NCc2cn[nH]c2C)cc1. The molecule has 0 saturated heterocycles. The third kappa shape index (κ3) is 3.36. The molecule has 0 unspecified atom stereocenters. The Balaban J connectivity index is 1.88. The van der Waals surface area contributed by atoms with Crippen molar-refractivity contribution in [3.63, 3.8) is 0 Å². The van der Waals surface area contributed by atoms with Crippen LogP contribution in [-0.2, 0) is 13.0 Å². The Bertz CT molecular complexity index is 471. The molecule has 0 spiro atoms. The van der Waals surface area contributed by atoms with Crippen molar-refractivity contribution in [2.24, 2.45) is 0 Å². The Labute approximate surface area is 109 Å². The number of aromatic nitrogens is 2. The van der Waals surface area contributed by atoms with Gasteiger partial charge in [-0.05, 0) is 37.5 Å². The van der Waals surface area contributed by atoms with Crippen LogP contribution < -0.4 is 5.32 Å². The molecule has 3 nitrogen and oxygen atoms in total. The maximum atomic E-state index is 4.02. The molecule has 0 atom stereocenters. The van der Waals surface area contributed by atoms with Crippen LogP contribution in [0.2, 0.25) is 0 Å². The monoisotopic (exact) mass is 243 g/mol. The van der Waals surface area contributed by atoms with Crippen LogP contribution in [0.4, 0.5) is 5.69 Å². The number of aromatic amines is 1. The molecule has 1 aromatic carbocycles. The summed E-state index contributed by atoms with van der Waals surface area (Å²) in [4.78, 5) is 0. The van der Waals surface area contributed by atoms with Crippen molar-refractivity contribution in [3.05, 3.63) is 47.3 Å². The molecule has 0 saturated carbocycles. The summed E-state index contributed by atoms with van der Waals surface area (Å²) in [6, 6.07) is 8.72. The van der Waals surface area contributed by atoms with E-state index in [0.717, 1.165) is 17.9 Å². The number of anilines is 1. The van der Waals surface area contributed by atoms with Crippen LogP contribution in [0.25, 0.3) is 0 Å². The maximum Gasteiger partial charge on any atom is 0.0539 e. The first-order valence-electron chi connectivity index (χ1n) is 6.61. The van der Waals surface area contributed by atoms with Crippen molar-refractivity contribution < 1.29 is 0 Å². The molecule has 2 rings (SSSR count). The minimum atomic E-state index is 0.816. The highest BCUT2D eigenvalue weighted by Crippen LogP contribution is 2.13. The summed E-state index contributed by atoms with van der Waals surface area (Å²) in [6.45, 7) is 5.08. The summed E-state index contributed by atoms with van der Waals surface area (Å²) < 4.78 is 0. The van der Waals surface area contributed by atoms with Gasteiger partial charge >= 0.3 is 0 Å². The summed E-state index contributed by atoms with van der Waals surface area (Å²) in [7, 11) is 0. The summed E-state index contributed by atoms with van der Waals surface area (Å²) in [5, 5.41) is 10.4. The largest absolute Gasteiger partial charge is 0.381 e. The van der Waals surface area contributed by atoms with Crippen LogP contribution in [0.3, 0.4) is 0 Å². The van der Waals surface area contributed by atoms with Crippen molar-refractivity contribution in [3.8, 4) is 0 Å². The molecule has 0 amide bonds. The zero-order chi connectivity index (χ0) is 12.8. The van der Waals surface area contributed by atoms with Gasteiger partial charge in [0.05, 0.1) is 6.20 Å². The molecular weight excluding hydrogens is 222 g/mol. The first-order valence-corrected chi connectivity index (χ1v) is 6.61. The minimum absolute atomic E-state index is 0.816. The predicted molar refractivity (Wildman–Crippen MR) is 75.7 cm³/mol. The zero-order valence-corrected chi connectivity index (χ0v) is 11.2. The summed E-state index contributed by atoms with van der Waals surface area (Å²) >= 11 is 0. The fourth-order valence-corrected chi connectivity index (χ4v) is 1.92. The van der Waals surface area contributed by atoms with E-state index in [4.69, 9.17) is 0 Å². The van der Waals surface area contributed by atoms with Crippen LogP contribution in [0.5, 0.6) is 0 Å². The lowest BCUT2D eigenvalue weighted by Crippen LogP contribution is -1.99. The van der Waals surface area contributed by atoms with Gasteiger partial charge in [-0.3, -0.25) is 5.10 Å². The average Bonchev–Trinajstić information content (AvgIpc) is 2.81. The Morgan fingerprint density at radius 3 is 2.61 bits per heavy atom. The molecule has 2 N–H and O–H groups in total. The number of hydrogen-bond donors (Lipinski definition) is 2. The Morgan fingerprint density at radius 2 is 2.00 bits per heavy atom. The highest BCUT2D eigenvalue weighted by atomic mass is 15.1. The first kappa shape index (κ1) is 12.7. The second-order valence-electron chi connectivity index (χ2n) is 4.67. The molecule has 0 radical (unpaired) electrons. The van der Waals surface area contributed by atoms with E-state index < -0.39 is 0 Å². The van der Waals surface area contributed by atoms with E-state index in [2.05, 4.69) is 46.7 Å². The third-order valence-electron chi connectivity index (χ3n) is 3.19. The smallest absolute Gasteiger partial charge is 0.0539 e. The van der Waals surface area contributed by atoms with Crippen LogP contribution >= 0.6 is 0 Å². The van der Waals surface area contributed by atoms with Crippen molar-refractivity contribution in [1.82, 2.24) is 10.2 Å². The number of nitrogens with zero attached hydrogens (tertiary/aromatic N) is 1. The fraction of sp³-hybridized carbons (Fsp3) is 0.400. The van der Waals surface area contributed by atoms with Crippen LogP contribution in [-0.4, -0.2) is 10.2 Å². The fourth-order valence-electron chi connectivity index (χ4n) is 1.92. The summed E-state index contributed by atoms with van der Waals surface area (Å²) in [5.74, 6) is 0. The number of benzene rings is 1. The number of aryl methyl sites for hydroxylation is 2. The highest BCUT2D eigenvalue weighted by Gasteiger charge is 2.00. The van der Waals surface area contributed by atoms with Crippen molar-refractivity contribution in [2.45, 2.75) is 39.7 Å². The van der Waals surface area contributed by atoms with Crippen molar-refractivity contribution in [1.29, 1.82) is 0 Å². The standard InChI is InChI=1S/C15H21N3/c1-3-4-5-13-6-8-15(9-7-13)16-10-14-11-17-18-12(14)2/h6-9,11,16H,3-5,10H2,1-2H3,(H,17,18). The van der Waals surface area contributed by atoms with Crippen molar-refractivity contribution >= 4 is 5.69 Å². The Morgan fingerprint density at radius 1 is 1.22 bits per heavy atom. The molecule has 1 aromatic heterocycles. The lowest BCUT2D eigenvalue weighted by atomic mass is 10.1. The van der Waals surface area contributed by atoms with Gasteiger partial charge in [0.2, 0.25) is 0 Å². The van der Waals surface area contributed by atoms with Crippen LogP contribution in [0.1, 0.15) is 36.6 Å². The van der Waals surface area contributed by atoms with E-state index >= 15 is 0 Å². The van der Waals surface area contributed by atoms with Gasteiger partial charge in [-0.2, -0.15) is 5.10 Å². The normalized spacial score (nSPS) is 10.6. The van der Waals surface area contributed by atoms with Crippen LogP contribution in [0, 0.1) is 6.92 Å². The maximum absolute atomic E-state index is 4.02. The molecule has 1 heterocycles. The third-order valence-corrected chi connectivity index (χ3v) is 3.19. The molecule has 0 fully saturated rings. The van der Waals surface area contributed by atoms with Crippen molar-refractivity contribution in [2.75, 3.05) is 5.32 Å². The number of nitrogens with one attached hydrogen (secondary N) is 2. The molecular formula is C15H21N3. The van der Waals surface area contributed by atoms with E-state index in [1.54, 1.807) is 0 Å². The van der Waals surface area contributed by atoms with E-state index in [1.807, 2.05) is 13.1 Å². The Kier molecular flexibility index (Phi) is 4.40. The van der Waals surface area contributed by atoms with E-state index in [9.17, 15) is 0 Å². The zero-order valence-electron chi connectivity index (χ0n) is 11.2. The Hall–Kier alpha value is -1.77. The molecule has 0 aliphatic carbocycles. The second-order valence-corrected chi connectivity index (χ2v) is 4.67. The molecule has 0 bridgehead atoms. The lowest BCUT2D eigenvalue weighted by molar-refractivity contribution is 0.795. The second kappa shape index (κ2) is 6.24. The lowest BCUT2D eigenvalue weighted by Gasteiger charge is -2.07. The van der Waals surface area contributed by atoms with Gasteiger partial charge in [-0.25, -0.2) is 0 Å². The van der Waals surface area contributed by atoms with Gasteiger partial charge in [0.1, 0.15) is 0 Å². The molecule has 0 aliphatic heterocycles. The van der Waals surface area contributed by atoms with Gasteiger partial charge in [0, 0.05) is 23.5 Å².